The molecule has 0 aliphatic carbocycles. The van der Waals surface area contributed by atoms with Crippen LogP contribution in [-0.2, 0) is 4.79 Å². The van der Waals surface area contributed by atoms with Crippen LogP contribution < -0.4 is 0 Å². The van der Waals surface area contributed by atoms with Crippen LogP contribution in [0.4, 0.5) is 0 Å². The molecule has 0 fully saturated rings. The van der Waals surface area contributed by atoms with Gasteiger partial charge >= 0.3 is 5.97 Å². The Bertz CT molecular complexity index is 473. The fourth-order valence-corrected chi connectivity index (χ4v) is 0.909. The average molecular weight is 215 g/mol. The second kappa shape index (κ2) is 6.04. The van der Waals surface area contributed by atoms with Gasteiger partial charge in [-0.25, -0.2) is 4.79 Å². The van der Waals surface area contributed by atoms with Gasteiger partial charge in [-0.05, 0) is 12.1 Å². The zero-order valence-electron chi connectivity index (χ0n) is 8.33. The van der Waals surface area contributed by atoms with Gasteiger partial charge in [0.1, 0.15) is 11.6 Å². The third-order valence-corrected chi connectivity index (χ3v) is 1.67. The SMILES string of the molecule is N#CC(=CC=CC=Cc1ccoc1)C(=O)O. The highest BCUT2D eigenvalue weighted by Gasteiger charge is 2.01. The number of furan rings is 1. The zero-order chi connectivity index (χ0) is 11.8. The Kier molecular flexibility index (Phi) is 4.35. The Morgan fingerprint density at radius 1 is 1.44 bits per heavy atom. The van der Waals surface area contributed by atoms with Gasteiger partial charge in [0.05, 0.1) is 12.5 Å². The van der Waals surface area contributed by atoms with Crippen LogP contribution in [0, 0.1) is 11.3 Å². The minimum atomic E-state index is -1.23. The molecule has 1 heterocycles. The summed E-state index contributed by atoms with van der Waals surface area (Å²) in [5, 5.41) is 17.0. The normalized spacial score (nSPS) is 12.1. The molecule has 1 aromatic rings. The summed E-state index contributed by atoms with van der Waals surface area (Å²) in [5.41, 5.74) is 0.611. The van der Waals surface area contributed by atoms with Gasteiger partial charge in [0.15, 0.2) is 0 Å². The molecule has 1 rings (SSSR count). The molecule has 16 heavy (non-hydrogen) atoms. The van der Waals surface area contributed by atoms with Crippen LogP contribution in [0.1, 0.15) is 5.56 Å². The summed E-state index contributed by atoms with van der Waals surface area (Å²) < 4.78 is 4.85. The fraction of sp³-hybridized carbons (Fsp3) is 0. The molecular formula is C12H9NO3. The first kappa shape index (κ1) is 11.5. The molecule has 0 radical (unpaired) electrons. The summed E-state index contributed by atoms with van der Waals surface area (Å²) in [4.78, 5) is 10.4. The number of carboxylic acids is 1. The predicted octanol–water partition coefficient (Wildman–Crippen LogP) is 2.38. The lowest BCUT2D eigenvalue weighted by Crippen LogP contribution is -1.96. The highest BCUT2D eigenvalue weighted by atomic mass is 16.4. The number of allylic oxidation sites excluding steroid dienone is 4. The van der Waals surface area contributed by atoms with Crippen molar-refractivity contribution >= 4 is 12.0 Å². The second-order valence-electron chi connectivity index (χ2n) is 2.80. The number of carbonyl (C=O) groups is 1. The van der Waals surface area contributed by atoms with Gasteiger partial charge in [-0.2, -0.15) is 5.26 Å². The Hall–Kier alpha value is -2.54. The van der Waals surface area contributed by atoms with Crippen LogP contribution >= 0.6 is 0 Å². The fourth-order valence-electron chi connectivity index (χ4n) is 0.909. The first-order chi connectivity index (χ1) is 7.74. The van der Waals surface area contributed by atoms with Gasteiger partial charge in [-0.3, -0.25) is 0 Å². The molecular weight excluding hydrogens is 206 g/mol. The minimum absolute atomic E-state index is 0.298. The summed E-state index contributed by atoms with van der Waals surface area (Å²) in [5.74, 6) is -1.23. The predicted molar refractivity (Wildman–Crippen MR) is 58.2 cm³/mol. The van der Waals surface area contributed by atoms with Crippen LogP contribution in [-0.4, -0.2) is 11.1 Å². The molecule has 80 valence electrons. The van der Waals surface area contributed by atoms with E-state index in [2.05, 4.69) is 0 Å². The van der Waals surface area contributed by atoms with E-state index >= 15 is 0 Å². The quantitative estimate of drug-likeness (QED) is 0.475. The number of hydrogen-bond donors (Lipinski definition) is 1. The third-order valence-electron chi connectivity index (χ3n) is 1.67. The van der Waals surface area contributed by atoms with Crippen molar-refractivity contribution in [3.05, 3.63) is 54.0 Å². The molecule has 0 unspecified atom stereocenters. The Labute approximate surface area is 92.4 Å². The number of aliphatic carboxylic acids is 1. The van der Waals surface area contributed by atoms with Crippen molar-refractivity contribution in [2.45, 2.75) is 0 Å². The molecule has 1 aromatic heterocycles. The van der Waals surface area contributed by atoms with Crippen molar-refractivity contribution < 1.29 is 14.3 Å². The topological polar surface area (TPSA) is 74.2 Å². The van der Waals surface area contributed by atoms with Gasteiger partial charge in [-0.15, -0.1) is 0 Å². The maximum atomic E-state index is 10.4. The van der Waals surface area contributed by atoms with E-state index in [1.54, 1.807) is 42.9 Å². The summed E-state index contributed by atoms with van der Waals surface area (Å²) in [7, 11) is 0. The first-order valence-electron chi connectivity index (χ1n) is 4.44. The van der Waals surface area contributed by atoms with E-state index in [1.165, 1.54) is 12.2 Å². The van der Waals surface area contributed by atoms with E-state index < -0.39 is 5.97 Å². The number of hydrogen-bond acceptors (Lipinski definition) is 3. The molecule has 0 aliphatic rings. The van der Waals surface area contributed by atoms with Crippen LogP contribution in [0.15, 0.2) is 52.9 Å². The minimum Gasteiger partial charge on any atom is -0.477 e. The molecule has 0 amide bonds. The third kappa shape index (κ3) is 3.68. The van der Waals surface area contributed by atoms with Gasteiger partial charge in [0.2, 0.25) is 0 Å². The van der Waals surface area contributed by atoms with Crippen molar-refractivity contribution in [3.8, 4) is 6.07 Å². The van der Waals surface area contributed by atoms with Crippen molar-refractivity contribution in [2.24, 2.45) is 0 Å². The molecule has 0 saturated heterocycles. The number of rotatable bonds is 4. The smallest absolute Gasteiger partial charge is 0.346 e. The van der Waals surface area contributed by atoms with Crippen LogP contribution in [0.2, 0.25) is 0 Å². The number of nitriles is 1. The summed E-state index contributed by atoms with van der Waals surface area (Å²) >= 11 is 0. The van der Waals surface area contributed by atoms with Crippen LogP contribution in [0.5, 0.6) is 0 Å². The maximum absolute atomic E-state index is 10.4. The molecule has 4 heteroatoms. The lowest BCUT2D eigenvalue weighted by atomic mass is 10.2. The number of nitrogens with zero attached hydrogens (tertiary/aromatic N) is 1. The van der Waals surface area contributed by atoms with Crippen LogP contribution in [0.3, 0.4) is 0 Å². The highest BCUT2D eigenvalue weighted by molar-refractivity contribution is 5.91. The Balaban J connectivity index is 2.56. The van der Waals surface area contributed by atoms with E-state index in [4.69, 9.17) is 14.8 Å². The number of carboxylic acid groups (broad SMARTS) is 1. The lowest BCUT2D eigenvalue weighted by molar-refractivity contribution is -0.132. The molecule has 0 aliphatic heterocycles. The van der Waals surface area contributed by atoms with E-state index in [1.807, 2.05) is 0 Å². The van der Waals surface area contributed by atoms with Gasteiger partial charge in [-0.1, -0.05) is 24.3 Å². The van der Waals surface area contributed by atoms with E-state index in [-0.39, 0.29) is 5.57 Å². The summed E-state index contributed by atoms with van der Waals surface area (Å²) in [6.07, 6.45) is 11.0. The lowest BCUT2D eigenvalue weighted by Gasteiger charge is -1.83. The van der Waals surface area contributed by atoms with Gasteiger partial charge in [0, 0.05) is 5.56 Å². The van der Waals surface area contributed by atoms with E-state index in [9.17, 15) is 4.79 Å². The zero-order valence-corrected chi connectivity index (χ0v) is 8.33. The molecule has 4 nitrogen and oxygen atoms in total. The largest absolute Gasteiger partial charge is 0.477 e. The van der Waals surface area contributed by atoms with Crippen LogP contribution in [0.25, 0.3) is 6.08 Å². The standard InChI is InChI=1S/C12H9NO3/c13-8-11(12(14)15)5-3-1-2-4-10-6-7-16-9-10/h1-7,9H,(H,14,15). The molecule has 0 atom stereocenters. The molecule has 1 N–H and O–H groups in total. The van der Waals surface area contributed by atoms with Crippen molar-refractivity contribution in [2.75, 3.05) is 0 Å². The monoisotopic (exact) mass is 215 g/mol. The summed E-state index contributed by atoms with van der Waals surface area (Å²) in [6, 6.07) is 3.37. The Morgan fingerprint density at radius 3 is 2.81 bits per heavy atom. The van der Waals surface area contributed by atoms with Crippen molar-refractivity contribution in [3.63, 3.8) is 0 Å². The summed E-state index contributed by atoms with van der Waals surface area (Å²) in [6.45, 7) is 0. The average Bonchev–Trinajstić information content (AvgIpc) is 2.75. The maximum Gasteiger partial charge on any atom is 0.346 e. The molecule has 0 saturated carbocycles. The van der Waals surface area contributed by atoms with E-state index in [0.29, 0.717) is 0 Å². The Morgan fingerprint density at radius 2 is 2.25 bits per heavy atom. The molecule has 0 aromatic carbocycles. The molecule has 0 spiro atoms. The molecule has 0 bridgehead atoms. The van der Waals surface area contributed by atoms with E-state index in [0.717, 1.165) is 5.56 Å². The van der Waals surface area contributed by atoms with Crippen molar-refractivity contribution in [1.29, 1.82) is 5.26 Å². The van der Waals surface area contributed by atoms with Gasteiger partial charge in [0.25, 0.3) is 0 Å². The second-order valence-corrected chi connectivity index (χ2v) is 2.80. The van der Waals surface area contributed by atoms with Crippen molar-refractivity contribution in [1.82, 2.24) is 0 Å². The first-order valence-corrected chi connectivity index (χ1v) is 4.44. The highest BCUT2D eigenvalue weighted by Crippen LogP contribution is 2.02. The van der Waals surface area contributed by atoms with Gasteiger partial charge < -0.3 is 9.52 Å².